The van der Waals surface area contributed by atoms with Gasteiger partial charge in [0, 0.05) is 15.7 Å². The summed E-state index contributed by atoms with van der Waals surface area (Å²) in [6, 6.07) is 10.9. The Kier molecular flexibility index (Phi) is 5.99. The van der Waals surface area contributed by atoms with Crippen molar-refractivity contribution >= 4 is 34.2 Å². The van der Waals surface area contributed by atoms with Gasteiger partial charge in [0.05, 0.1) is 0 Å². The lowest BCUT2D eigenvalue weighted by molar-refractivity contribution is 0.215. The van der Waals surface area contributed by atoms with Crippen LogP contribution in [0.1, 0.15) is 30.7 Å². The van der Waals surface area contributed by atoms with E-state index in [1.165, 1.54) is 35.1 Å². The molecule has 1 aliphatic heterocycles. The number of hydrogen-bond acceptors (Lipinski definition) is 1. The van der Waals surface area contributed by atoms with Crippen LogP contribution < -0.4 is 0 Å². The van der Waals surface area contributed by atoms with Crippen LogP contribution in [0.3, 0.4) is 0 Å². The van der Waals surface area contributed by atoms with Crippen molar-refractivity contribution in [2.45, 2.75) is 25.2 Å². The molecule has 1 saturated heterocycles. The average Bonchev–Trinajstić information content (AvgIpc) is 2.46. The van der Waals surface area contributed by atoms with E-state index in [0.29, 0.717) is 0 Å². The molecule has 0 aromatic heterocycles. The summed E-state index contributed by atoms with van der Waals surface area (Å²) in [7, 11) is 0. The molecular weight excluding hydrogens is 357 g/mol. The van der Waals surface area contributed by atoms with E-state index in [0.717, 1.165) is 18.9 Å². The van der Waals surface area contributed by atoms with Crippen LogP contribution in [0.4, 0.5) is 0 Å². The Hall–Kier alpha value is -0.0600. The molecule has 1 fully saturated rings. The molecule has 0 saturated carbocycles. The molecule has 0 atom stereocenters. The highest BCUT2D eigenvalue weighted by atomic mass is 127. The summed E-state index contributed by atoms with van der Waals surface area (Å²) in [5.74, 6) is 0.755. The first kappa shape index (κ1) is 14.4. The van der Waals surface area contributed by atoms with Gasteiger partial charge in [0.1, 0.15) is 0 Å². The summed E-state index contributed by atoms with van der Waals surface area (Å²) < 4.78 is 1.25. The molecule has 1 aromatic carbocycles. The molecule has 1 nitrogen and oxygen atoms in total. The van der Waals surface area contributed by atoms with Crippen LogP contribution in [0.5, 0.6) is 0 Å². The molecule has 1 aromatic rings. The molecule has 0 aliphatic carbocycles. The maximum atomic E-state index is 5.68. The quantitative estimate of drug-likeness (QED) is 0.685. The van der Waals surface area contributed by atoms with Gasteiger partial charge in [-0.1, -0.05) is 41.9 Å². The van der Waals surface area contributed by atoms with Crippen molar-refractivity contribution in [1.82, 2.24) is 4.90 Å². The molecule has 3 heteroatoms. The number of nitrogens with zero attached hydrogens (tertiary/aromatic N) is 1. The van der Waals surface area contributed by atoms with Crippen LogP contribution >= 0.6 is 34.2 Å². The predicted octanol–water partition coefficient (Wildman–Crippen LogP) is 4.77. The summed E-state index contributed by atoms with van der Waals surface area (Å²) in [5, 5.41) is 0. The first-order valence-electron chi connectivity index (χ1n) is 6.51. The summed E-state index contributed by atoms with van der Waals surface area (Å²) in [4.78, 5) is 2.55. The molecule has 1 heterocycles. The Morgan fingerprint density at radius 2 is 1.94 bits per heavy atom. The highest BCUT2D eigenvalue weighted by Gasteiger charge is 2.19. The van der Waals surface area contributed by atoms with Gasteiger partial charge in [0.15, 0.2) is 0 Å². The maximum Gasteiger partial charge on any atom is 0.0136 e. The van der Waals surface area contributed by atoms with Gasteiger partial charge in [-0.05, 0) is 66.4 Å². The fourth-order valence-electron chi connectivity index (χ4n) is 2.53. The van der Waals surface area contributed by atoms with Gasteiger partial charge >= 0.3 is 0 Å². The second-order valence-electron chi connectivity index (χ2n) is 4.83. The third-order valence-corrected chi connectivity index (χ3v) is 5.13. The summed E-state index contributed by atoms with van der Waals surface area (Å²) in [6.07, 6.45) is 3.65. The summed E-state index contributed by atoms with van der Waals surface area (Å²) in [6.45, 7) is 3.57. The Morgan fingerprint density at radius 3 is 2.56 bits per heavy atom. The standard InChI is InChI=1S/C15H19ClIN/c16-12-15(17)8-11-18-9-6-14(7-10-18)13-4-2-1-3-5-13/h1-5,12,14H,6-11H2/b15-12+. The monoisotopic (exact) mass is 375 g/mol. The molecule has 98 valence electrons. The Bertz CT molecular complexity index is 383. The van der Waals surface area contributed by atoms with E-state index in [1.54, 1.807) is 5.54 Å². The van der Waals surface area contributed by atoms with E-state index in [4.69, 9.17) is 11.6 Å². The zero-order chi connectivity index (χ0) is 12.8. The first-order valence-corrected chi connectivity index (χ1v) is 8.03. The van der Waals surface area contributed by atoms with Crippen molar-refractivity contribution < 1.29 is 0 Å². The third kappa shape index (κ3) is 4.25. The highest BCUT2D eigenvalue weighted by molar-refractivity contribution is 14.1. The minimum atomic E-state index is 0.755. The normalized spacial score (nSPS) is 19.1. The Morgan fingerprint density at radius 1 is 1.28 bits per heavy atom. The number of halogens is 2. The van der Waals surface area contributed by atoms with Crippen LogP contribution in [-0.4, -0.2) is 24.5 Å². The van der Waals surface area contributed by atoms with Crippen molar-refractivity contribution in [1.29, 1.82) is 0 Å². The average molecular weight is 376 g/mol. The molecule has 0 radical (unpaired) electrons. The van der Waals surface area contributed by atoms with Crippen molar-refractivity contribution in [3.05, 3.63) is 45.0 Å². The smallest absolute Gasteiger partial charge is 0.0136 e. The van der Waals surface area contributed by atoms with Gasteiger partial charge in [-0.3, -0.25) is 0 Å². The molecule has 1 aliphatic rings. The van der Waals surface area contributed by atoms with E-state index in [9.17, 15) is 0 Å². The van der Waals surface area contributed by atoms with Crippen LogP contribution in [0, 0.1) is 0 Å². The summed E-state index contributed by atoms with van der Waals surface area (Å²) >= 11 is 8.00. The minimum absolute atomic E-state index is 0.755. The Labute approximate surface area is 128 Å². The van der Waals surface area contributed by atoms with Gasteiger partial charge in [-0.15, -0.1) is 0 Å². The maximum absolute atomic E-state index is 5.68. The fraction of sp³-hybridized carbons (Fsp3) is 0.467. The lowest BCUT2D eigenvalue weighted by atomic mass is 9.89. The van der Waals surface area contributed by atoms with Crippen LogP contribution in [0.25, 0.3) is 0 Å². The topological polar surface area (TPSA) is 3.24 Å². The van der Waals surface area contributed by atoms with Crippen LogP contribution in [-0.2, 0) is 0 Å². The number of hydrogen-bond donors (Lipinski definition) is 0. The van der Waals surface area contributed by atoms with Gasteiger partial charge in [-0.25, -0.2) is 0 Å². The van der Waals surface area contributed by atoms with Crippen molar-refractivity contribution in [3.63, 3.8) is 0 Å². The molecule has 0 bridgehead atoms. The fourth-order valence-corrected chi connectivity index (χ4v) is 2.88. The third-order valence-electron chi connectivity index (χ3n) is 3.64. The number of rotatable bonds is 4. The second kappa shape index (κ2) is 7.51. The minimum Gasteiger partial charge on any atom is -0.303 e. The first-order chi connectivity index (χ1) is 8.79. The second-order valence-corrected chi connectivity index (χ2v) is 6.44. The lowest BCUT2D eigenvalue weighted by Gasteiger charge is -2.32. The van der Waals surface area contributed by atoms with E-state index in [1.807, 2.05) is 0 Å². The molecule has 0 amide bonds. The van der Waals surface area contributed by atoms with Crippen molar-refractivity contribution in [2.75, 3.05) is 19.6 Å². The number of likely N-dealkylation sites (tertiary alicyclic amines) is 1. The highest BCUT2D eigenvalue weighted by Crippen LogP contribution is 2.28. The molecule has 18 heavy (non-hydrogen) atoms. The summed E-state index contributed by atoms with van der Waals surface area (Å²) in [5.41, 5.74) is 3.20. The number of piperidine rings is 1. The Balaban J connectivity index is 1.78. The van der Waals surface area contributed by atoms with Crippen molar-refractivity contribution in [3.8, 4) is 0 Å². The van der Waals surface area contributed by atoms with E-state index >= 15 is 0 Å². The molecule has 0 unspecified atom stereocenters. The largest absolute Gasteiger partial charge is 0.303 e. The van der Waals surface area contributed by atoms with Gasteiger partial charge in [-0.2, -0.15) is 0 Å². The number of benzene rings is 1. The van der Waals surface area contributed by atoms with Gasteiger partial charge in [0.25, 0.3) is 0 Å². The molecule has 2 rings (SSSR count). The van der Waals surface area contributed by atoms with Crippen molar-refractivity contribution in [2.24, 2.45) is 0 Å². The van der Waals surface area contributed by atoms with Crippen LogP contribution in [0.2, 0.25) is 0 Å². The zero-order valence-electron chi connectivity index (χ0n) is 10.5. The molecular formula is C15H19ClIN. The van der Waals surface area contributed by atoms with E-state index in [2.05, 4.69) is 57.8 Å². The van der Waals surface area contributed by atoms with Gasteiger partial charge < -0.3 is 4.90 Å². The predicted molar refractivity (Wildman–Crippen MR) is 87.4 cm³/mol. The van der Waals surface area contributed by atoms with E-state index < -0.39 is 0 Å². The van der Waals surface area contributed by atoms with Crippen LogP contribution in [0.15, 0.2) is 39.4 Å². The molecule has 0 spiro atoms. The molecule has 0 N–H and O–H groups in total. The SMILES string of the molecule is Cl/C=C(/I)CCN1CCC(c2ccccc2)CC1. The van der Waals surface area contributed by atoms with Gasteiger partial charge in [0.2, 0.25) is 0 Å². The van der Waals surface area contributed by atoms with E-state index in [-0.39, 0.29) is 0 Å². The zero-order valence-corrected chi connectivity index (χ0v) is 13.4. The lowest BCUT2D eigenvalue weighted by Crippen LogP contribution is -2.33.